The lowest BCUT2D eigenvalue weighted by Gasteiger charge is -2.35. The van der Waals surface area contributed by atoms with Gasteiger partial charge < -0.3 is 15.4 Å². The van der Waals surface area contributed by atoms with Crippen molar-refractivity contribution in [2.75, 3.05) is 46.4 Å². The van der Waals surface area contributed by atoms with E-state index in [9.17, 15) is 0 Å². The minimum Gasteiger partial charge on any atom is -0.379 e. The fourth-order valence-corrected chi connectivity index (χ4v) is 2.99. The standard InChI is InChI=1S/C17H27ClN4O.HI/c1-3-8-20-17(19-2)21-13-16(22-9-11-23-12-10-22)14-6-4-5-7-15(14)18;/h4-7,16H,3,8-13H2,1-2H3,(H2,19,20,21);1H. The van der Waals surface area contributed by atoms with Crippen molar-refractivity contribution < 1.29 is 4.74 Å². The number of halogens is 2. The normalized spacial score (nSPS) is 17.0. The first-order valence-electron chi connectivity index (χ1n) is 8.27. The van der Waals surface area contributed by atoms with Gasteiger partial charge in [0.15, 0.2) is 5.96 Å². The lowest BCUT2D eigenvalue weighted by atomic mass is 10.0. The second-order valence-electron chi connectivity index (χ2n) is 5.57. The molecule has 0 aromatic heterocycles. The molecule has 7 heteroatoms. The van der Waals surface area contributed by atoms with E-state index in [1.807, 2.05) is 18.2 Å². The maximum Gasteiger partial charge on any atom is 0.191 e. The highest BCUT2D eigenvalue weighted by atomic mass is 127. The summed E-state index contributed by atoms with van der Waals surface area (Å²) >= 11 is 6.44. The molecule has 1 atom stereocenters. The first-order chi connectivity index (χ1) is 11.3. The Balaban J connectivity index is 0.00000288. The number of benzene rings is 1. The molecule has 0 saturated carbocycles. The predicted molar refractivity (Wildman–Crippen MR) is 112 cm³/mol. The first kappa shape index (κ1) is 21.5. The predicted octanol–water partition coefficient (Wildman–Crippen LogP) is 2.91. The molecule has 0 radical (unpaired) electrons. The van der Waals surface area contributed by atoms with E-state index in [-0.39, 0.29) is 30.0 Å². The van der Waals surface area contributed by atoms with E-state index in [2.05, 4.69) is 33.5 Å². The number of hydrogen-bond donors (Lipinski definition) is 2. The van der Waals surface area contributed by atoms with E-state index in [1.165, 1.54) is 0 Å². The van der Waals surface area contributed by atoms with Gasteiger partial charge in [0.2, 0.25) is 0 Å². The summed E-state index contributed by atoms with van der Waals surface area (Å²) in [4.78, 5) is 6.70. The van der Waals surface area contributed by atoms with Crippen molar-refractivity contribution in [2.45, 2.75) is 19.4 Å². The van der Waals surface area contributed by atoms with Crippen molar-refractivity contribution in [3.05, 3.63) is 34.9 Å². The molecular weight excluding hydrogens is 439 g/mol. The van der Waals surface area contributed by atoms with E-state index in [0.717, 1.165) is 62.4 Å². The molecule has 1 aromatic carbocycles. The number of ether oxygens (including phenoxy) is 1. The SMILES string of the molecule is CCCNC(=NC)NCC(c1ccccc1Cl)N1CCOCC1.I. The highest BCUT2D eigenvalue weighted by molar-refractivity contribution is 14.0. The van der Waals surface area contributed by atoms with Gasteiger partial charge in [-0.2, -0.15) is 0 Å². The minimum absolute atomic E-state index is 0. The van der Waals surface area contributed by atoms with Gasteiger partial charge in [-0.3, -0.25) is 9.89 Å². The number of hydrogen-bond acceptors (Lipinski definition) is 3. The molecule has 1 aromatic rings. The molecule has 24 heavy (non-hydrogen) atoms. The number of guanidine groups is 1. The van der Waals surface area contributed by atoms with Crippen molar-refractivity contribution in [1.82, 2.24) is 15.5 Å². The topological polar surface area (TPSA) is 48.9 Å². The Labute approximate surface area is 167 Å². The minimum atomic E-state index is 0. The fraction of sp³-hybridized carbons (Fsp3) is 0.588. The van der Waals surface area contributed by atoms with Crippen LogP contribution in [0.5, 0.6) is 0 Å². The van der Waals surface area contributed by atoms with Gasteiger partial charge in [0.1, 0.15) is 0 Å². The molecule has 0 aliphatic carbocycles. The molecule has 2 N–H and O–H groups in total. The quantitative estimate of drug-likeness (QED) is 0.384. The largest absolute Gasteiger partial charge is 0.379 e. The second-order valence-corrected chi connectivity index (χ2v) is 5.97. The second kappa shape index (κ2) is 11.9. The maximum absolute atomic E-state index is 6.44. The molecule has 1 unspecified atom stereocenters. The van der Waals surface area contributed by atoms with Gasteiger partial charge in [0.05, 0.1) is 19.3 Å². The Morgan fingerprint density at radius 2 is 2.00 bits per heavy atom. The first-order valence-corrected chi connectivity index (χ1v) is 8.64. The third kappa shape index (κ3) is 6.38. The summed E-state index contributed by atoms with van der Waals surface area (Å²) < 4.78 is 5.48. The van der Waals surface area contributed by atoms with Crippen LogP contribution in [0.15, 0.2) is 29.3 Å². The molecule has 1 aliphatic heterocycles. The molecule has 1 heterocycles. The molecular formula is C17H28ClIN4O. The monoisotopic (exact) mass is 466 g/mol. The average molecular weight is 467 g/mol. The molecule has 0 amide bonds. The van der Waals surface area contributed by atoms with E-state index in [1.54, 1.807) is 7.05 Å². The Kier molecular flexibility index (Phi) is 10.6. The third-order valence-corrected chi connectivity index (χ3v) is 4.32. The van der Waals surface area contributed by atoms with Crippen LogP contribution in [-0.2, 0) is 4.74 Å². The summed E-state index contributed by atoms with van der Waals surface area (Å²) in [6.45, 7) is 7.17. The van der Waals surface area contributed by atoms with Gasteiger partial charge in [-0.1, -0.05) is 36.7 Å². The number of morpholine rings is 1. The average Bonchev–Trinajstić information content (AvgIpc) is 2.60. The van der Waals surface area contributed by atoms with Crippen LogP contribution in [0, 0.1) is 0 Å². The summed E-state index contributed by atoms with van der Waals surface area (Å²) in [6.07, 6.45) is 1.07. The zero-order valence-corrected chi connectivity index (χ0v) is 17.5. The van der Waals surface area contributed by atoms with E-state index < -0.39 is 0 Å². The lowest BCUT2D eigenvalue weighted by molar-refractivity contribution is 0.0170. The van der Waals surface area contributed by atoms with Crippen LogP contribution in [0.3, 0.4) is 0 Å². The van der Waals surface area contributed by atoms with Gasteiger partial charge in [-0.15, -0.1) is 24.0 Å². The van der Waals surface area contributed by atoms with Crippen LogP contribution in [0.2, 0.25) is 5.02 Å². The van der Waals surface area contributed by atoms with Crippen molar-refractivity contribution in [3.8, 4) is 0 Å². The summed E-state index contributed by atoms with van der Waals surface area (Å²) in [5.74, 6) is 0.831. The third-order valence-electron chi connectivity index (χ3n) is 3.98. The zero-order valence-electron chi connectivity index (χ0n) is 14.4. The van der Waals surface area contributed by atoms with Crippen molar-refractivity contribution in [1.29, 1.82) is 0 Å². The Bertz CT molecular complexity index is 509. The van der Waals surface area contributed by atoms with Crippen LogP contribution in [-0.4, -0.2) is 57.3 Å². The van der Waals surface area contributed by atoms with E-state index >= 15 is 0 Å². The van der Waals surface area contributed by atoms with Crippen LogP contribution in [0.4, 0.5) is 0 Å². The summed E-state index contributed by atoms with van der Waals surface area (Å²) in [5, 5.41) is 7.54. The smallest absolute Gasteiger partial charge is 0.191 e. The van der Waals surface area contributed by atoms with Crippen molar-refractivity contribution >= 4 is 41.5 Å². The van der Waals surface area contributed by atoms with Crippen molar-refractivity contribution in [2.24, 2.45) is 4.99 Å². The Hall–Kier alpha value is -0.570. The van der Waals surface area contributed by atoms with Gasteiger partial charge >= 0.3 is 0 Å². The number of nitrogens with zero attached hydrogens (tertiary/aromatic N) is 2. The maximum atomic E-state index is 6.44. The molecule has 136 valence electrons. The zero-order chi connectivity index (χ0) is 16.5. The molecule has 1 fully saturated rings. The highest BCUT2D eigenvalue weighted by Gasteiger charge is 2.24. The molecule has 0 bridgehead atoms. The van der Waals surface area contributed by atoms with Crippen molar-refractivity contribution in [3.63, 3.8) is 0 Å². The fourth-order valence-electron chi connectivity index (χ4n) is 2.73. The summed E-state index contributed by atoms with van der Waals surface area (Å²) in [7, 11) is 1.80. The van der Waals surface area contributed by atoms with Crippen LogP contribution in [0.25, 0.3) is 0 Å². The number of nitrogens with one attached hydrogen (secondary N) is 2. The van der Waals surface area contributed by atoms with Gasteiger partial charge in [0.25, 0.3) is 0 Å². The molecule has 1 saturated heterocycles. The van der Waals surface area contributed by atoms with Crippen LogP contribution < -0.4 is 10.6 Å². The number of aliphatic imine (C=N–C) groups is 1. The molecule has 5 nitrogen and oxygen atoms in total. The van der Waals surface area contributed by atoms with Gasteiger partial charge in [-0.05, 0) is 18.1 Å². The van der Waals surface area contributed by atoms with Crippen LogP contribution >= 0.6 is 35.6 Å². The van der Waals surface area contributed by atoms with E-state index in [4.69, 9.17) is 16.3 Å². The molecule has 2 rings (SSSR count). The lowest BCUT2D eigenvalue weighted by Crippen LogP contribution is -2.46. The summed E-state index contributed by atoms with van der Waals surface area (Å²) in [6, 6.07) is 8.27. The van der Waals surface area contributed by atoms with Gasteiger partial charge in [-0.25, -0.2) is 0 Å². The van der Waals surface area contributed by atoms with Gasteiger partial charge in [0, 0.05) is 38.2 Å². The number of rotatable bonds is 6. The Morgan fingerprint density at radius 1 is 1.29 bits per heavy atom. The summed E-state index contributed by atoms with van der Waals surface area (Å²) in [5.41, 5.74) is 1.15. The molecule has 0 spiro atoms. The highest BCUT2D eigenvalue weighted by Crippen LogP contribution is 2.27. The Morgan fingerprint density at radius 3 is 2.62 bits per heavy atom. The van der Waals surface area contributed by atoms with E-state index in [0.29, 0.717) is 0 Å². The van der Waals surface area contributed by atoms with Crippen LogP contribution in [0.1, 0.15) is 24.9 Å². The molecule has 1 aliphatic rings.